The van der Waals surface area contributed by atoms with Crippen LogP contribution in [0.25, 0.3) is 16.6 Å². The minimum atomic E-state index is 0.329. The SMILES string of the molecule is Cc1cc(Cc2ccc3c(ccn3-c3ccncc3)c2)nc(N)n1. The van der Waals surface area contributed by atoms with Crippen LogP contribution in [0, 0.1) is 6.92 Å². The molecule has 0 atom stereocenters. The second-order valence-electron chi connectivity index (χ2n) is 5.82. The summed E-state index contributed by atoms with van der Waals surface area (Å²) in [7, 11) is 0. The fraction of sp³-hybridized carbons (Fsp3) is 0.105. The number of pyridine rings is 1. The lowest BCUT2D eigenvalue weighted by atomic mass is 10.1. The maximum atomic E-state index is 5.74. The second kappa shape index (κ2) is 5.77. The normalized spacial score (nSPS) is 11.0. The maximum absolute atomic E-state index is 5.74. The van der Waals surface area contributed by atoms with Gasteiger partial charge in [0.25, 0.3) is 0 Å². The minimum Gasteiger partial charge on any atom is -0.368 e. The summed E-state index contributed by atoms with van der Waals surface area (Å²) in [6, 6.07) is 14.6. The lowest BCUT2D eigenvalue weighted by molar-refractivity contribution is 1.01. The second-order valence-corrected chi connectivity index (χ2v) is 5.82. The monoisotopic (exact) mass is 315 g/mol. The van der Waals surface area contributed by atoms with Crippen molar-refractivity contribution in [3.63, 3.8) is 0 Å². The summed E-state index contributed by atoms with van der Waals surface area (Å²) in [4.78, 5) is 12.5. The van der Waals surface area contributed by atoms with Gasteiger partial charge in [0.15, 0.2) is 0 Å². The van der Waals surface area contributed by atoms with E-state index in [2.05, 4.69) is 50.0 Å². The maximum Gasteiger partial charge on any atom is 0.220 e. The fourth-order valence-electron chi connectivity index (χ4n) is 2.99. The summed E-state index contributed by atoms with van der Waals surface area (Å²) in [6.07, 6.45) is 6.43. The number of fused-ring (bicyclic) bond motifs is 1. The third-order valence-electron chi connectivity index (χ3n) is 4.01. The number of hydrogen-bond donors (Lipinski definition) is 1. The number of nitrogen functional groups attached to an aromatic ring is 1. The minimum absolute atomic E-state index is 0.329. The molecule has 4 rings (SSSR count). The molecule has 0 aliphatic carbocycles. The Morgan fingerprint density at radius 3 is 2.62 bits per heavy atom. The van der Waals surface area contributed by atoms with Gasteiger partial charge in [-0.1, -0.05) is 6.07 Å². The molecular formula is C19H17N5. The molecule has 3 heterocycles. The van der Waals surface area contributed by atoms with Crippen LogP contribution in [-0.2, 0) is 6.42 Å². The first-order valence-electron chi connectivity index (χ1n) is 7.79. The fourth-order valence-corrected chi connectivity index (χ4v) is 2.99. The molecule has 5 heteroatoms. The zero-order valence-electron chi connectivity index (χ0n) is 13.3. The highest BCUT2D eigenvalue weighted by Gasteiger charge is 2.06. The van der Waals surface area contributed by atoms with E-state index < -0.39 is 0 Å². The molecule has 0 fully saturated rings. The Morgan fingerprint density at radius 1 is 1.00 bits per heavy atom. The van der Waals surface area contributed by atoms with Crippen molar-refractivity contribution < 1.29 is 0 Å². The highest BCUT2D eigenvalue weighted by molar-refractivity contribution is 5.82. The van der Waals surface area contributed by atoms with E-state index in [9.17, 15) is 0 Å². The van der Waals surface area contributed by atoms with Gasteiger partial charge in [-0.15, -0.1) is 0 Å². The van der Waals surface area contributed by atoms with Crippen LogP contribution in [0.2, 0.25) is 0 Å². The van der Waals surface area contributed by atoms with Crippen molar-refractivity contribution in [2.45, 2.75) is 13.3 Å². The lowest BCUT2D eigenvalue weighted by Crippen LogP contribution is -2.01. The zero-order chi connectivity index (χ0) is 16.5. The van der Waals surface area contributed by atoms with Crippen LogP contribution in [0.3, 0.4) is 0 Å². The van der Waals surface area contributed by atoms with Crippen LogP contribution in [0.1, 0.15) is 17.0 Å². The molecule has 0 aliphatic heterocycles. The standard InChI is InChI=1S/C19H17N5/c1-13-10-16(23-19(20)22-13)12-14-2-3-18-15(11-14)6-9-24(18)17-4-7-21-8-5-17/h2-11H,12H2,1H3,(H2,20,22,23). The molecule has 3 aromatic heterocycles. The average Bonchev–Trinajstić information content (AvgIpc) is 2.98. The largest absolute Gasteiger partial charge is 0.368 e. The zero-order valence-corrected chi connectivity index (χ0v) is 13.3. The van der Waals surface area contributed by atoms with Crippen LogP contribution in [0.15, 0.2) is 61.1 Å². The molecule has 4 aromatic rings. The van der Waals surface area contributed by atoms with E-state index in [4.69, 9.17) is 5.73 Å². The molecule has 0 radical (unpaired) electrons. The molecule has 0 saturated carbocycles. The summed E-state index contributed by atoms with van der Waals surface area (Å²) in [5.74, 6) is 0.329. The first-order chi connectivity index (χ1) is 11.7. The average molecular weight is 315 g/mol. The van der Waals surface area contributed by atoms with Crippen LogP contribution in [0.5, 0.6) is 0 Å². The van der Waals surface area contributed by atoms with E-state index in [1.807, 2.05) is 25.1 Å². The molecule has 118 valence electrons. The Balaban J connectivity index is 1.69. The summed E-state index contributed by atoms with van der Waals surface area (Å²) in [5.41, 5.74) is 11.0. The lowest BCUT2D eigenvalue weighted by Gasteiger charge is -2.07. The first-order valence-corrected chi connectivity index (χ1v) is 7.79. The third-order valence-corrected chi connectivity index (χ3v) is 4.01. The number of benzene rings is 1. The van der Waals surface area contributed by atoms with Crippen molar-refractivity contribution in [2.24, 2.45) is 0 Å². The Morgan fingerprint density at radius 2 is 1.83 bits per heavy atom. The van der Waals surface area contributed by atoms with Crippen molar-refractivity contribution in [2.75, 3.05) is 5.73 Å². The van der Waals surface area contributed by atoms with E-state index in [1.165, 1.54) is 16.5 Å². The molecule has 5 nitrogen and oxygen atoms in total. The molecule has 24 heavy (non-hydrogen) atoms. The van der Waals surface area contributed by atoms with Crippen molar-refractivity contribution in [1.29, 1.82) is 0 Å². The number of aromatic nitrogens is 4. The molecule has 0 saturated heterocycles. The Hall–Kier alpha value is -3.21. The predicted molar refractivity (Wildman–Crippen MR) is 95.1 cm³/mol. The molecule has 2 N–H and O–H groups in total. The third kappa shape index (κ3) is 2.72. The van der Waals surface area contributed by atoms with E-state index in [-0.39, 0.29) is 0 Å². The van der Waals surface area contributed by atoms with Crippen LogP contribution in [-0.4, -0.2) is 19.5 Å². The van der Waals surface area contributed by atoms with Gasteiger partial charge >= 0.3 is 0 Å². The van der Waals surface area contributed by atoms with Crippen molar-refractivity contribution in [3.05, 3.63) is 78.0 Å². The van der Waals surface area contributed by atoms with Gasteiger partial charge in [0.05, 0.1) is 11.2 Å². The van der Waals surface area contributed by atoms with E-state index >= 15 is 0 Å². The van der Waals surface area contributed by atoms with E-state index in [0.717, 1.165) is 23.5 Å². The number of anilines is 1. The molecular weight excluding hydrogens is 298 g/mol. The molecule has 0 aliphatic rings. The summed E-state index contributed by atoms with van der Waals surface area (Å²) in [6.45, 7) is 1.93. The van der Waals surface area contributed by atoms with Crippen molar-refractivity contribution in [1.82, 2.24) is 19.5 Å². The summed E-state index contributed by atoms with van der Waals surface area (Å²) in [5, 5.41) is 1.20. The van der Waals surface area contributed by atoms with Gasteiger partial charge in [0, 0.05) is 41.8 Å². The van der Waals surface area contributed by atoms with Gasteiger partial charge in [-0.25, -0.2) is 9.97 Å². The summed E-state index contributed by atoms with van der Waals surface area (Å²) >= 11 is 0. The molecule has 1 aromatic carbocycles. The highest BCUT2D eigenvalue weighted by atomic mass is 15.0. The molecule has 0 spiro atoms. The topological polar surface area (TPSA) is 69.6 Å². The van der Waals surface area contributed by atoms with Crippen molar-refractivity contribution in [3.8, 4) is 5.69 Å². The molecule has 0 amide bonds. The van der Waals surface area contributed by atoms with Crippen molar-refractivity contribution >= 4 is 16.9 Å². The van der Waals surface area contributed by atoms with Gasteiger partial charge < -0.3 is 10.3 Å². The number of rotatable bonds is 3. The van der Waals surface area contributed by atoms with Gasteiger partial charge in [-0.2, -0.15) is 0 Å². The number of nitrogens with two attached hydrogens (primary N) is 1. The van der Waals surface area contributed by atoms with Crippen LogP contribution in [0.4, 0.5) is 5.95 Å². The Kier molecular flexibility index (Phi) is 3.46. The number of aryl methyl sites for hydroxylation is 1. The predicted octanol–water partition coefficient (Wildman–Crippen LogP) is 3.30. The van der Waals surface area contributed by atoms with E-state index in [1.54, 1.807) is 12.4 Å². The smallest absolute Gasteiger partial charge is 0.220 e. The Bertz CT molecular complexity index is 985. The van der Waals surface area contributed by atoms with Crippen LogP contribution >= 0.6 is 0 Å². The molecule has 0 bridgehead atoms. The van der Waals surface area contributed by atoms with Gasteiger partial charge in [0.1, 0.15) is 0 Å². The molecule has 0 unspecified atom stereocenters. The van der Waals surface area contributed by atoms with Gasteiger partial charge in [-0.3, -0.25) is 4.98 Å². The Labute approximate surface area is 139 Å². The number of nitrogens with zero attached hydrogens (tertiary/aromatic N) is 4. The quantitative estimate of drug-likeness (QED) is 0.630. The van der Waals surface area contributed by atoms with E-state index in [0.29, 0.717) is 5.95 Å². The highest BCUT2D eigenvalue weighted by Crippen LogP contribution is 2.22. The van der Waals surface area contributed by atoms with Gasteiger partial charge in [0.2, 0.25) is 5.95 Å². The van der Waals surface area contributed by atoms with Gasteiger partial charge in [-0.05, 0) is 48.9 Å². The first kappa shape index (κ1) is 14.4. The van der Waals surface area contributed by atoms with Crippen LogP contribution < -0.4 is 5.73 Å². The summed E-state index contributed by atoms with van der Waals surface area (Å²) < 4.78 is 2.16. The number of hydrogen-bond acceptors (Lipinski definition) is 4.